The first kappa shape index (κ1) is 9.58. The molecule has 2 heterocycles. The van der Waals surface area contributed by atoms with Crippen LogP contribution in [0.4, 0.5) is 0 Å². The lowest BCUT2D eigenvalue weighted by atomic mass is 10.1. The second-order valence-electron chi connectivity index (χ2n) is 3.42. The number of aryl methyl sites for hydroxylation is 2. The molecular weight excluding hydrogens is 190 g/mol. The Morgan fingerprint density at radius 2 is 2.20 bits per heavy atom. The fourth-order valence-corrected chi connectivity index (χ4v) is 1.42. The van der Waals surface area contributed by atoms with E-state index < -0.39 is 0 Å². The van der Waals surface area contributed by atoms with Gasteiger partial charge < -0.3 is 0 Å². The van der Waals surface area contributed by atoms with Gasteiger partial charge in [0.2, 0.25) is 5.78 Å². The van der Waals surface area contributed by atoms with Crippen molar-refractivity contribution in [3.05, 3.63) is 47.5 Å². The number of rotatable bonds is 2. The Hall–Kier alpha value is -1.97. The fraction of sp³-hybridized carbons (Fsp3) is 0.182. The van der Waals surface area contributed by atoms with Gasteiger partial charge in [0.1, 0.15) is 5.69 Å². The lowest BCUT2D eigenvalue weighted by molar-refractivity contribution is 0.103. The summed E-state index contributed by atoms with van der Waals surface area (Å²) < 4.78 is 1.56. The number of aromatic nitrogens is 3. The van der Waals surface area contributed by atoms with Crippen LogP contribution in [-0.2, 0) is 7.05 Å². The summed E-state index contributed by atoms with van der Waals surface area (Å²) in [6.45, 7) is 1.91. The molecule has 0 fully saturated rings. The molecule has 0 N–H and O–H groups in total. The number of carbonyl (C=O) groups excluding carboxylic acids is 1. The molecule has 0 aliphatic rings. The molecular formula is C11H11N3O. The Morgan fingerprint density at radius 3 is 2.80 bits per heavy atom. The largest absolute Gasteiger partial charge is 0.287 e. The molecule has 0 saturated carbocycles. The zero-order valence-corrected chi connectivity index (χ0v) is 8.64. The van der Waals surface area contributed by atoms with Gasteiger partial charge in [-0.1, -0.05) is 0 Å². The molecule has 2 aromatic heterocycles. The fourth-order valence-electron chi connectivity index (χ4n) is 1.42. The van der Waals surface area contributed by atoms with Gasteiger partial charge in [-0.3, -0.25) is 14.5 Å². The van der Waals surface area contributed by atoms with Gasteiger partial charge in [0.05, 0.1) is 0 Å². The van der Waals surface area contributed by atoms with Gasteiger partial charge in [0.25, 0.3) is 0 Å². The Bertz CT molecular complexity index is 502. The van der Waals surface area contributed by atoms with Crippen LogP contribution < -0.4 is 0 Å². The molecule has 0 aliphatic carbocycles. The van der Waals surface area contributed by atoms with E-state index in [1.807, 2.05) is 13.0 Å². The molecule has 0 atom stereocenters. The summed E-state index contributed by atoms with van der Waals surface area (Å²) in [6.07, 6.45) is 4.90. The molecule has 76 valence electrons. The van der Waals surface area contributed by atoms with Crippen LogP contribution in [0, 0.1) is 6.92 Å². The molecule has 2 aromatic rings. The Balaban J connectivity index is 2.41. The van der Waals surface area contributed by atoms with Crippen molar-refractivity contribution >= 4 is 5.78 Å². The van der Waals surface area contributed by atoms with Gasteiger partial charge in [-0.15, -0.1) is 0 Å². The summed E-state index contributed by atoms with van der Waals surface area (Å²) in [5.41, 5.74) is 2.14. The first-order chi connectivity index (χ1) is 7.18. The molecule has 0 bridgehead atoms. The number of hydrogen-bond donors (Lipinski definition) is 0. The Morgan fingerprint density at radius 1 is 1.40 bits per heavy atom. The number of hydrogen-bond acceptors (Lipinski definition) is 3. The van der Waals surface area contributed by atoms with Crippen molar-refractivity contribution in [2.75, 3.05) is 0 Å². The second-order valence-corrected chi connectivity index (χ2v) is 3.42. The summed E-state index contributed by atoms with van der Waals surface area (Å²) in [6, 6.07) is 3.52. The van der Waals surface area contributed by atoms with Crippen molar-refractivity contribution in [2.24, 2.45) is 7.05 Å². The first-order valence-corrected chi connectivity index (χ1v) is 4.63. The maximum absolute atomic E-state index is 12.0. The molecule has 0 aromatic carbocycles. The van der Waals surface area contributed by atoms with E-state index in [2.05, 4.69) is 10.1 Å². The maximum Gasteiger partial charge on any atom is 0.212 e. The predicted molar refractivity (Wildman–Crippen MR) is 55.6 cm³/mol. The van der Waals surface area contributed by atoms with E-state index in [4.69, 9.17) is 0 Å². The van der Waals surface area contributed by atoms with Crippen LogP contribution in [-0.4, -0.2) is 20.5 Å². The zero-order valence-electron chi connectivity index (χ0n) is 8.64. The number of nitrogens with zero attached hydrogens (tertiary/aromatic N) is 3. The smallest absolute Gasteiger partial charge is 0.212 e. The van der Waals surface area contributed by atoms with Crippen LogP contribution in [0.15, 0.2) is 30.7 Å². The highest BCUT2D eigenvalue weighted by atomic mass is 16.1. The van der Waals surface area contributed by atoms with Gasteiger partial charge >= 0.3 is 0 Å². The van der Waals surface area contributed by atoms with E-state index in [0.29, 0.717) is 11.3 Å². The minimum Gasteiger partial charge on any atom is -0.287 e. The topological polar surface area (TPSA) is 47.8 Å². The molecule has 4 heteroatoms. The van der Waals surface area contributed by atoms with Crippen LogP contribution in [0.3, 0.4) is 0 Å². The molecule has 0 amide bonds. The predicted octanol–water partition coefficient (Wildman–Crippen LogP) is 1.35. The number of pyridine rings is 1. The highest BCUT2D eigenvalue weighted by Gasteiger charge is 2.12. The minimum atomic E-state index is -0.0498. The minimum absolute atomic E-state index is 0.0498. The monoisotopic (exact) mass is 201 g/mol. The van der Waals surface area contributed by atoms with Gasteiger partial charge in [-0.05, 0) is 24.6 Å². The second kappa shape index (κ2) is 3.65. The highest BCUT2D eigenvalue weighted by molar-refractivity contribution is 6.07. The third-order valence-corrected chi connectivity index (χ3v) is 2.19. The first-order valence-electron chi connectivity index (χ1n) is 4.63. The maximum atomic E-state index is 12.0. The van der Waals surface area contributed by atoms with Crippen molar-refractivity contribution in [3.8, 4) is 0 Å². The van der Waals surface area contributed by atoms with Crippen LogP contribution in [0.5, 0.6) is 0 Å². The van der Waals surface area contributed by atoms with Crippen LogP contribution in [0.2, 0.25) is 0 Å². The molecule has 0 unspecified atom stereocenters. The Kier molecular flexibility index (Phi) is 2.33. The van der Waals surface area contributed by atoms with Gasteiger partial charge in [-0.2, -0.15) is 5.10 Å². The van der Waals surface area contributed by atoms with Crippen molar-refractivity contribution in [1.82, 2.24) is 14.8 Å². The SMILES string of the molecule is Cc1cncc(C(=O)c2ccnn2C)c1. The van der Waals surface area contributed by atoms with Crippen molar-refractivity contribution < 1.29 is 4.79 Å². The van der Waals surface area contributed by atoms with Crippen molar-refractivity contribution in [2.45, 2.75) is 6.92 Å². The highest BCUT2D eigenvalue weighted by Crippen LogP contribution is 2.08. The van der Waals surface area contributed by atoms with Gasteiger partial charge in [0, 0.05) is 31.2 Å². The van der Waals surface area contributed by atoms with E-state index in [0.717, 1.165) is 5.56 Å². The lowest BCUT2D eigenvalue weighted by Gasteiger charge is -2.01. The number of ketones is 1. The number of carbonyl (C=O) groups is 1. The third kappa shape index (κ3) is 1.79. The van der Waals surface area contributed by atoms with Crippen molar-refractivity contribution in [3.63, 3.8) is 0 Å². The van der Waals surface area contributed by atoms with E-state index in [1.54, 1.807) is 36.4 Å². The standard InChI is InChI=1S/C11H11N3O/c1-8-5-9(7-12-6-8)11(15)10-3-4-13-14(10)2/h3-7H,1-2H3. The van der Waals surface area contributed by atoms with Gasteiger partial charge in [-0.25, -0.2) is 0 Å². The van der Waals surface area contributed by atoms with E-state index in [9.17, 15) is 4.79 Å². The quantitative estimate of drug-likeness (QED) is 0.689. The van der Waals surface area contributed by atoms with Crippen LogP contribution in [0.1, 0.15) is 21.6 Å². The average Bonchev–Trinajstić information content (AvgIpc) is 2.63. The van der Waals surface area contributed by atoms with E-state index in [-0.39, 0.29) is 5.78 Å². The summed E-state index contributed by atoms with van der Waals surface area (Å²) >= 11 is 0. The van der Waals surface area contributed by atoms with E-state index in [1.165, 1.54) is 0 Å². The Labute approximate surface area is 87.6 Å². The third-order valence-electron chi connectivity index (χ3n) is 2.19. The van der Waals surface area contributed by atoms with Crippen molar-refractivity contribution in [1.29, 1.82) is 0 Å². The molecule has 0 spiro atoms. The molecule has 2 rings (SSSR count). The lowest BCUT2D eigenvalue weighted by Crippen LogP contribution is -2.08. The molecule has 0 radical (unpaired) electrons. The normalized spacial score (nSPS) is 10.3. The molecule has 15 heavy (non-hydrogen) atoms. The van der Waals surface area contributed by atoms with Gasteiger partial charge in [0.15, 0.2) is 0 Å². The summed E-state index contributed by atoms with van der Waals surface area (Å²) in [7, 11) is 1.75. The molecule has 0 saturated heterocycles. The van der Waals surface area contributed by atoms with Crippen LogP contribution >= 0.6 is 0 Å². The summed E-state index contributed by atoms with van der Waals surface area (Å²) in [4.78, 5) is 16.0. The molecule has 4 nitrogen and oxygen atoms in total. The van der Waals surface area contributed by atoms with Crippen LogP contribution in [0.25, 0.3) is 0 Å². The summed E-state index contributed by atoms with van der Waals surface area (Å²) in [5, 5.41) is 3.96. The summed E-state index contributed by atoms with van der Waals surface area (Å²) in [5.74, 6) is -0.0498. The molecule has 0 aliphatic heterocycles. The van der Waals surface area contributed by atoms with E-state index >= 15 is 0 Å². The average molecular weight is 201 g/mol. The zero-order chi connectivity index (χ0) is 10.8.